The number of benzene rings is 2. The van der Waals surface area contributed by atoms with E-state index in [1.54, 1.807) is 18.2 Å². The molecule has 2 atom stereocenters. The molecule has 0 unspecified atom stereocenters. The molecule has 6 nitrogen and oxygen atoms in total. The predicted octanol–water partition coefficient (Wildman–Crippen LogP) is 3.73. The van der Waals surface area contributed by atoms with Gasteiger partial charge in [0.15, 0.2) is 0 Å². The van der Waals surface area contributed by atoms with Crippen molar-refractivity contribution in [2.24, 2.45) is 0 Å². The average Bonchev–Trinajstić information content (AvgIpc) is 2.74. The molecule has 0 spiro atoms. The molecular formula is C21H20F3NO5. The van der Waals surface area contributed by atoms with Crippen molar-refractivity contribution < 1.29 is 37.1 Å². The van der Waals surface area contributed by atoms with E-state index >= 15 is 0 Å². The Morgan fingerprint density at radius 3 is 2.47 bits per heavy atom. The van der Waals surface area contributed by atoms with Gasteiger partial charge in [-0.3, -0.25) is 0 Å². The maximum atomic E-state index is 12.7. The van der Waals surface area contributed by atoms with Crippen LogP contribution in [0.4, 0.5) is 13.2 Å². The number of esters is 1. The van der Waals surface area contributed by atoms with E-state index in [-0.39, 0.29) is 24.6 Å². The van der Waals surface area contributed by atoms with Crippen LogP contribution < -0.4 is 4.74 Å². The summed E-state index contributed by atoms with van der Waals surface area (Å²) in [6.45, 7) is -0.105. The standard InChI is InChI=1S/C21H20F3NO5/c1-28-16-9-5-8-15(12-16)19(26)29-18-13-25(30-20(27)21(22,23)24)11-10-17(18)14-6-3-2-4-7-14/h2-9,12,17-18H,10-11,13H2,1H3/t17-,18+/m1/s1. The monoisotopic (exact) mass is 423 g/mol. The van der Waals surface area contributed by atoms with Gasteiger partial charge < -0.3 is 14.3 Å². The molecule has 2 aromatic rings. The van der Waals surface area contributed by atoms with Gasteiger partial charge in [-0.1, -0.05) is 36.4 Å². The molecular weight excluding hydrogens is 403 g/mol. The van der Waals surface area contributed by atoms with Crippen LogP contribution >= 0.6 is 0 Å². The molecule has 3 rings (SSSR count). The second-order valence-electron chi connectivity index (χ2n) is 6.75. The largest absolute Gasteiger partial charge is 0.497 e. The number of carbonyl (C=O) groups excluding carboxylic acids is 2. The van der Waals surface area contributed by atoms with Crippen molar-refractivity contribution in [2.75, 3.05) is 20.2 Å². The number of carbonyl (C=O) groups is 2. The first-order valence-electron chi connectivity index (χ1n) is 9.22. The molecule has 0 aliphatic carbocycles. The smallest absolute Gasteiger partial charge is 0.492 e. The lowest BCUT2D eigenvalue weighted by atomic mass is 9.87. The lowest BCUT2D eigenvalue weighted by Gasteiger charge is -2.37. The van der Waals surface area contributed by atoms with Crippen molar-refractivity contribution in [1.29, 1.82) is 0 Å². The second kappa shape index (κ2) is 9.17. The summed E-state index contributed by atoms with van der Waals surface area (Å²) in [5, 5.41) is 0.888. The van der Waals surface area contributed by atoms with Crippen LogP contribution in [0.1, 0.15) is 28.3 Å². The van der Waals surface area contributed by atoms with E-state index < -0.39 is 24.2 Å². The van der Waals surface area contributed by atoms with Crippen LogP contribution in [0.25, 0.3) is 0 Å². The fraction of sp³-hybridized carbons (Fsp3) is 0.333. The summed E-state index contributed by atoms with van der Waals surface area (Å²) in [7, 11) is 1.46. The van der Waals surface area contributed by atoms with Crippen molar-refractivity contribution in [1.82, 2.24) is 5.06 Å². The third-order valence-electron chi connectivity index (χ3n) is 4.76. The first kappa shape index (κ1) is 21.6. The molecule has 0 amide bonds. The Balaban J connectivity index is 1.78. The summed E-state index contributed by atoms with van der Waals surface area (Å²) in [4.78, 5) is 28.3. The van der Waals surface area contributed by atoms with E-state index in [9.17, 15) is 22.8 Å². The minimum Gasteiger partial charge on any atom is -0.497 e. The van der Waals surface area contributed by atoms with Crippen LogP contribution in [-0.2, 0) is 14.4 Å². The normalized spacial score (nSPS) is 19.7. The highest BCUT2D eigenvalue weighted by atomic mass is 19.4. The van der Waals surface area contributed by atoms with Crippen LogP contribution in [0, 0.1) is 0 Å². The fourth-order valence-electron chi connectivity index (χ4n) is 3.30. The number of nitrogens with zero attached hydrogens (tertiary/aromatic N) is 1. The van der Waals surface area contributed by atoms with E-state index in [4.69, 9.17) is 9.47 Å². The number of rotatable bonds is 5. The van der Waals surface area contributed by atoms with Gasteiger partial charge in [-0.2, -0.15) is 13.2 Å². The quantitative estimate of drug-likeness (QED) is 0.683. The molecule has 1 heterocycles. The zero-order chi connectivity index (χ0) is 21.7. The van der Waals surface area contributed by atoms with Crippen LogP contribution in [0.15, 0.2) is 54.6 Å². The molecule has 0 saturated carbocycles. The van der Waals surface area contributed by atoms with Gasteiger partial charge in [0.25, 0.3) is 0 Å². The third kappa shape index (κ3) is 5.29. The lowest BCUT2D eigenvalue weighted by Crippen LogP contribution is -2.47. The van der Waals surface area contributed by atoms with Gasteiger partial charge >= 0.3 is 18.1 Å². The number of hydrogen-bond acceptors (Lipinski definition) is 6. The molecule has 0 radical (unpaired) electrons. The minimum absolute atomic E-state index is 0.0780. The van der Waals surface area contributed by atoms with E-state index in [1.807, 2.05) is 30.3 Å². The van der Waals surface area contributed by atoms with Gasteiger partial charge in [-0.25, -0.2) is 9.59 Å². The summed E-state index contributed by atoms with van der Waals surface area (Å²) in [6.07, 6.45) is -5.59. The molecule has 1 fully saturated rings. The lowest BCUT2D eigenvalue weighted by molar-refractivity contribution is -0.246. The minimum atomic E-state index is -5.11. The number of halogens is 3. The van der Waals surface area contributed by atoms with Crippen LogP contribution in [0.2, 0.25) is 0 Å². The van der Waals surface area contributed by atoms with Crippen molar-refractivity contribution in [3.8, 4) is 5.75 Å². The van der Waals surface area contributed by atoms with Gasteiger partial charge in [0.05, 0.1) is 19.2 Å². The molecule has 1 aliphatic heterocycles. The summed E-state index contributed by atoms with van der Waals surface area (Å²) >= 11 is 0. The zero-order valence-electron chi connectivity index (χ0n) is 16.1. The number of hydrogen-bond donors (Lipinski definition) is 0. The number of piperidine rings is 1. The molecule has 0 bridgehead atoms. The van der Waals surface area contributed by atoms with Crippen LogP contribution in [-0.4, -0.2) is 49.5 Å². The zero-order valence-corrected chi connectivity index (χ0v) is 16.1. The molecule has 30 heavy (non-hydrogen) atoms. The molecule has 160 valence electrons. The molecule has 9 heteroatoms. The van der Waals surface area contributed by atoms with Crippen molar-refractivity contribution in [3.63, 3.8) is 0 Å². The molecule has 0 aromatic heterocycles. The molecule has 2 aromatic carbocycles. The SMILES string of the molecule is COc1cccc(C(=O)O[C@H]2CN(OC(=O)C(F)(F)F)CC[C@@H]2c2ccccc2)c1. The van der Waals surface area contributed by atoms with Crippen molar-refractivity contribution >= 4 is 11.9 Å². The molecule has 1 aliphatic rings. The fourth-order valence-corrected chi connectivity index (χ4v) is 3.30. The summed E-state index contributed by atoms with van der Waals surface area (Å²) in [5.41, 5.74) is 1.12. The third-order valence-corrected chi connectivity index (χ3v) is 4.76. The highest BCUT2D eigenvalue weighted by Gasteiger charge is 2.44. The first-order chi connectivity index (χ1) is 14.3. The van der Waals surface area contributed by atoms with Gasteiger partial charge in [-0.15, -0.1) is 5.06 Å². The predicted molar refractivity (Wildman–Crippen MR) is 99.7 cm³/mol. The highest BCUT2D eigenvalue weighted by molar-refractivity contribution is 5.90. The summed E-state index contributed by atoms with van der Waals surface area (Å²) in [6, 6.07) is 15.5. The van der Waals surface area contributed by atoms with Crippen molar-refractivity contribution in [3.05, 3.63) is 65.7 Å². The topological polar surface area (TPSA) is 65.1 Å². The highest BCUT2D eigenvalue weighted by Crippen LogP contribution is 2.32. The van der Waals surface area contributed by atoms with E-state index in [0.29, 0.717) is 12.2 Å². The number of alkyl halides is 3. The van der Waals surface area contributed by atoms with Gasteiger partial charge in [0.2, 0.25) is 0 Å². The molecule has 0 N–H and O–H groups in total. The van der Waals surface area contributed by atoms with Crippen LogP contribution in [0.5, 0.6) is 5.75 Å². The van der Waals surface area contributed by atoms with Crippen LogP contribution in [0.3, 0.4) is 0 Å². The van der Waals surface area contributed by atoms with Gasteiger partial charge in [0.1, 0.15) is 11.9 Å². The second-order valence-corrected chi connectivity index (χ2v) is 6.75. The Morgan fingerprint density at radius 1 is 1.07 bits per heavy atom. The number of ether oxygens (including phenoxy) is 2. The number of hydroxylamine groups is 2. The summed E-state index contributed by atoms with van der Waals surface area (Å²) in [5.74, 6) is -2.75. The van der Waals surface area contributed by atoms with E-state index in [1.165, 1.54) is 13.2 Å². The maximum Gasteiger partial charge on any atom is 0.492 e. The Labute approximate surface area is 171 Å². The Bertz CT molecular complexity index is 888. The first-order valence-corrected chi connectivity index (χ1v) is 9.22. The Hall–Kier alpha value is -3.07. The Morgan fingerprint density at radius 2 is 1.80 bits per heavy atom. The van der Waals surface area contributed by atoms with Crippen molar-refractivity contribution in [2.45, 2.75) is 24.6 Å². The molecule has 1 saturated heterocycles. The Kier molecular flexibility index (Phi) is 6.61. The van der Waals surface area contributed by atoms with Gasteiger partial charge in [-0.05, 0) is 30.2 Å². The summed E-state index contributed by atoms with van der Waals surface area (Å²) < 4.78 is 48.4. The van der Waals surface area contributed by atoms with E-state index in [2.05, 4.69) is 4.84 Å². The maximum absolute atomic E-state index is 12.7. The average molecular weight is 423 g/mol. The van der Waals surface area contributed by atoms with E-state index in [0.717, 1.165) is 10.6 Å². The van der Waals surface area contributed by atoms with Gasteiger partial charge in [0, 0.05) is 12.5 Å². The number of methoxy groups -OCH3 is 1.